The van der Waals surface area contributed by atoms with Crippen molar-refractivity contribution < 1.29 is 13.5 Å². The Bertz CT molecular complexity index is 322. The molecule has 0 bridgehead atoms. The Hall–Kier alpha value is -1.12. The molecule has 70 valence electrons. The Kier molecular flexibility index (Phi) is 1.75. The Morgan fingerprint density at radius 2 is 2.15 bits per heavy atom. The van der Waals surface area contributed by atoms with E-state index in [1.165, 1.54) is 0 Å². The molecule has 1 heterocycles. The predicted octanol–water partition coefficient (Wildman–Crippen LogP) is 2.65. The van der Waals surface area contributed by atoms with Gasteiger partial charge < -0.3 is 4.74 Å². The fourth-order valence-electron chi connectivity index (χ4n) is 1.43. The van der Waals surface area contributed by atoms with Crippen LogP contribution < -0.4 is 4.74 Å². The second-order valence-electron chi connectivity index (χ2n) is 3.37. The molecule has 1 aromatic rings. The maximum absolute atomic E-state index is 13.3. The second kappa shape index (κ2) is 2.69. The molecular weight excluding hydrogens is 174 g/mol. The first-order valence-electron chi connectivity index (χ1n) is 4.19. The van der Waals surface area contributed by atoms with Crippen LogP contribution in [0, 0.1) is 0 Å². The third-order valence-electron chi connectivity index (χ3n) is 2.24. The molecule has 2 atom stereocenters. The molecule has 0 fully saturated rings. The van der Waals surface area contributed by atoms with Gasteiger partial charge in [0, 0.05) is 13.3 Å². The number of rotatable bonds is 0. The fraction of sp³-hybridized carbons (Fsp3) is 0.400. The minimum absolute atomic E-state index is 0.0865. The highest BCUT2D eigenvalue weighted by molar-refractivity contribution is 5.36. The minimum atomic E-state index is -2.19. The summed E-state index contributed by atoms with van der Waals surface area (Å²) < 4.78 is 31.4. The molecule has 1 aromatic carbocycles. The van der Waals surface area contributed by atoms with Crippen LogP contribution in [0.1, 0.15) is 12.5 Å². The minimum Gasteiger partial charge on any atom is -0.455 e. The Labute approximate surface area is 75.3 Å². The van der Waals surface area contributed by atoms with Gasteiger partial charge in [-0.15, -0.1) is 0 Å². The summed E-state index contributed by atoms with van der Waals surface area (Å²) in [6.45, 7) is 1.12. The first kappa shape index (κ1) is 8.48. The van der Waals surface area contributed by atoms with Crippen molar-refractivity contribution in [2.24, 2.45) is 0 Å². The van der Waals surface area contributed by atoms with Crippen molar-refractivity contribution in [1.82, 2.24) is 0 Å². The van der Waals surface area contributed by atoms with Crippen molar-refractivity contribution in [1.29, 1.82) is 0 Å². The highest BCUT2D eigenvalue weighted by atomic mass is 19.2. The predicted molar refractivity (Wildman–Crippen MR) is 45.2 cm³/mol. The van der Waals surface area contributed by atoms with Gasteiger partial charge in [-0.25, -0.2) is 4.39 Å². The summed E-state index contributed by atoms with van der Waals surface area (Å²) in [5, 5.41) is 0. The van der Waals surface area contributed by atoms with Crippen LogP contribution in [-0.2, 0) is 6.42 Å². The van der Waals surface area contributed by atoms with Gasteiger partial charge in [0.05, 0.1) is 0 Å². The molecule has 1 aliphatic heterocycles. The Morgan fingerprint density at radius 3 is 2.92 bits per heavy atom. The molecule has 0 saturated heterocycles. The van der Waals surface area contributed by atoms with E-state index in [-0.39, 0.29) is 6.42 Å². The van der Waals surface area contributed by atoms with E-state index in [1.807, 2.05) is 0 Å². The summed E-state index contributed by atoms with van der Waals surface area (Å²) in [5.41, 5.74) is 0.727. The summed E-state index contributed by atoms with van der Waals surface area (Å²) in [6, 6.07) is 6.93. The summed E-state index contributed by atoms with van der Waals surface area (Å²) in [4.78, 5) is 0. The van der Waals surface area contributed by atoms with E-state index in [0.717, 1.165) is 12.5 Å². The van der Waals surface area contributed by atoms with Crippen molar-refractivity contribution in [3.8, 4) is 5.75 Å². The molecule has 2 rings (SSSR count). The van der Waals surface area contributed by atoms with Crippen LogP contribution >= 0.6 is 0 Å². The lowest BCUT2D eigenvalue weighted by Crippen LogP contribution is -2.42. The van der Waals surface area contributed by atoms with E-state index in [4.69, 9.17) is 4.74 Å². The van der Waals surface area contributed by atoms with Crippen LogP contribution in [0.5, 0.6) is 5.75 Å². The lowest BCUT2D eigenvalue weighted by molar-refractivity contribution is -0.115. The number of para-hydroxylation sites is 1. The quantitative estimate of drug-likeness (QED) is 0.602. The lowest BCUT2D eigenvalue weighted by Gasteiger charge is -2.31. The zero-order valence-electron chi connectivity index (χ0n) is 7.26. The number of halogens is 2. The van der Waals surface area contributed by atoms with Crippen LogP contribution in [0.3, 0.4) is 0 Å². The van der Waals surface area contributed by atoms with Crippen molar-refractivity contribution in [3.63, 3.8) is 0 Å². The first-order chi connectivity index (χ1) is 6.09. The van der Waals surface area contributed by atoms with Gasteiger partial charge in [0.2, 0.25) is 0 Å². The molecule has 1 aliphatic rings. The van der Waals surface area contributed by atoms with Gasteiger partial charge in [-0.1, -0.05) is 18.2 Å². The number of alkyl halides is 2. The monoisotopic (exact) mass is 184 g/mol. The first-order valence-corrected chi connectivity index (χ1v) is 4.19. The van der Waals surface area contributed by atoms with E-state index in [0.29, 0.717) is 5.75 Å². The summed E-state index contributed by atoms with van der Waals surface area (Å²) >= 11 is 0. The summed E-state index contributed by atoms with van der Waals surface area (Å²) in [7, 11) is 0. The zero-order valence-corrected chi connectivity index (χ0v) is 7.26. The highest BCUT2D eigenvalue weighted by Crippen LogP contribution is 2.35. The van der Waals surface area contributed by atoms with Crippen LogP contribution in [0.15, 0.2) is 24.3 Å². The van der Waals surface area contributed by atoms with E-state index >= 15 is 0 Å². The van der Waals surface area contributed by atoms with E-state index in [9.17, 15) is 8.78 Å². The molecule has 2 unspecified atom stereocenters. The lowest BCUT2D eigenvalue weighted by atomic mass is 10.00. The van der Waals surface area contributed by atoms with Gasteiger partial charge in [-0.3, -0.25) is 0 Å². The highest BCUT2D eigenvalue weighted by Gasteiger charge is 2.41. The van der Waals surface area contributed by atoms with E-state index < -0.39 is 12.0 Å². The Morgan fingerprint density at radius 1 is 1.46 bits per heavy atom. The van der Waals surface area contributed by atoms with Crippen molar-refractivity contribution >= 4 is 0 Å². The van der Waals surface area contributed by atoms with E-state index in [1.54, 1.807) is 24.3 Å². The molecule has 0 saturated carbocycles. The number of benzene rings is 1. The molecule has 0 spiro atoms. The molecule has 0 radical (unpaired) electrons. The number of hydrogen-bond acceptors (Lipinski definition) is 1. The maximum atomic E-state index is 13.3. The number of hydrogen-bond donors (Lipinski definition) is 0. The van der Waals surface area contributed by atoms with Crippen LogP contribution in [0.4, 0.5) is 8.78 Å². The molecule has 13 heavy (non-hydrogen) atoms. The normalized spacial score (nSPS) is 32.1. The van der Waals surface area contributed by atoms with Gasteiger partial charge in [-0.05, 0) is 11.6 Å². The molecule has 0 aliphatic carbocycles. The summed E-state index contributed by atoms with van der Waals surface area (Å²) in [6.07, 6.45) is -1.49. The largest absolute Gasteiger partial charge is 0.455 e. The number of fused-ring (bicyclic) bond motifs is 1. The van der Waals surface area contributed by atoms with E-state index in [2.05, 4.69) is 0 Å². The zero-order chi connectivity index (χ0) is 9.47. The third kappa shape index (κ3) is 1.39. The second-order valence-corrected chi connectivity index (χ2v) is 3.37. The van der Waals surface area contributed by atoms with Crippen molar-refractivity contribution in [2.45, 2.75) is 25.4 Å². The maximum Gasteiger partial charge on any atom is 0.276 e. The van der Waals surface area contributed by atoms with Crippen molar-refractivity contribution in [2.75, 3.05) is 0 Å². The average molecular weight is 184 g/mol. The average Bonchev–Trinajstić information content (AvgIpc) is 2.06. The molecule has 0 amide bonds. The SMILES string of the molecule is CC1(F)Oc2ccccc2CC1F. The molecule has 0 N–H and O–H groups in total. The van der Waals surface area contributed by atoms with Crippen LogP contribution in [0.2, 0.25) is 0 Å². The smallest absolute Gasteiger partial charge is 0.276 e. The van der Waals surface area contributed by atoms with Gasteiger partial charge >= 0.3 is 0 Å². The van der Waals surface area contributed by atoms with Crippen LogP contribution in [0.25, 0.3) is 0 Å². The van der Waals surface area contributed by atoms with Gasteiger partial charge in [0.1, 0.15) is 5.75 Å². The third-order valence-corrected chi connectivity index (χ3v) is 2.24. The summed E-state index contributed by atoms with van der Waals surface area (Å²) in [5.74, 6) is -1.74. The fourth-order valence-corrected chi connectivity index (χ4v) is 1.43. The van der Waals surface area contributed by atoms with Gasteiger partial charge in [0.15, 0.2) is 6.17 Å². The molecular formula is C10H10F2O. The number of ether oxygens (including phenoxy) is 1. The molecule has 0 aromatic heterocycles. The van der Waals surface area contributed by atoms with Crippen molar-refractivity contribution in [3.05, 3.63) is 29.8 Å². The molecule has 1 nitrogen and oxygen atoms in total. The standard InChI is InChI=1S/C10H10F2O/c1-10(12)9(11)6-7-4-2-3-5-8(7)13-10/h2-5,9H,6H2,1H3. The van der Waals surface area contributed by atoms with Gasteiger partial charge in [-0.2, -0.15) is 4.39 Å². The van der Waals surface area contributed by atoms with Gasteiger partial charge in [0.25, 0.3) is 5.85 Å². The topological polar surface area (TPSA) is 9.23 Å². The molecule has 3 heteroatoms. The Balaban J connectivity index is 2.39. The van der Waals surface area contributed by atoms with Crippen LogP contribution in [-0.4, -0.2) is 12.0 Å².